The first kappa shape index (κ1) is 36.4. The molecule has 1 atom stereocenters. The molecule has 16 heteroatoms. The number of ether oxygens (including phenoxy) is 3. The quantitative estimate of drug-likeness (QED) is 0.238. The maximum absolute atomic E-state index is 15.6. The third kappa shape index (κ3) is 8.72. The second-order valence-electron chi connectivity index (χ2n) is 12.4. The average molecular weight is 733 g/mol. The van der Waals surface area contributed by atoms with Crippen molar-refractivity contribution in [2.45, 2.75) is 70.1 Å². The van der Waals surface area contributed by atoms with E-state index in [0.29, 0.717) is 17.6 Å². The van der Waals surface area contributed by atoms with E-state index in [1.807, 2.05) is 6.08 Å². The molecule has 1 unspecified atom stereocenters. The van der Waals surface area contributed by atoms with E-state index in [2.05, 4.69) is 4.98 Å². The van der Waals surface area contributed by atoms with Gasteiger partial charge in [0.25, 0.3) is 10.0 Å². The van der Waals surface area contributed by atoms with Gasteiger partial charge >= 0.3 is 12.2 Å². The minimum Gasteiger partial charge on any atom is -0.489 e. The molecule has 2 heterocycles. The third-order valence-corrected chi connectivity index (χ3v) is 9.28. The van der Waals surface area contributed by atoms with Gasteiger partial charge < -0.3 is 14.2 Å². The molecule has 0 radical (unpaired) electrons. The Labute approximate surface area is 285 Å². The first-order chi connectivity index (χ1) is 21.8. The van der Waals surface area contributed by atoms with Crippen molar-refractivity contribution >= 4 is 68.1 Å². The van der Waals surface area contributed by atoms with Crippen LogP contribution < -0.4 is 9.04 Å². The van der Waals surface area contributed by atoms with Crippen LogP contribution in [0.15, 0.2) is 52.2 Å². The van der Waals surface area contributed by atoms with Crippen LogP contribution >= 0.6 is 34.5 Å². The molecule has 1 aliphatic rings. The van der Waals surface area contributed by atoms with Gasteiger partial charge in [0, 0.05) is 18.0 Å². The molecule has 0 bridgehead atoms. The fraction of sp³-hybridized carbons (Fsp3) is 0.387. The van der Waals surface area contributed by atoms with Gasteiger partial charge in [0.2, 0.25) is 0 Å². The van der Waals surface area contributed by atoms with E-state index in [-0.39, 0.29) is 39.1 Å². The predicted molar refractivity (Wildman–Crippen MR) is 176 cm³/mol. The van der Waals surface area contributed by atoms with Crippen LogP contribution in [0.4, 0.5) is 24.2 Å². The summed E-state index contributed by atoms with van der Waals surface area (Å²) in [5.74, 6) is -2.44. The normalized spacial score (nSPS) is 15.6. The lowest BCUT2D eigenvalue weighted by molar-refractivity contribution is 0.0162. The molecule has 47 heavy (non-hydrogen) atoms. The number of carbonyl (C=O) groups is 2. The first-order valence-electron chi connectivity index (χ1n) is 14.2. The zero-order valence-electron chi connectivity index (χ0n) is 26.3. The summed E-state index contributed by atoms with van der Waals surface area (Å²) in [5.41, 5.74) is 0.491. The van der Waals surface area contributed by atoms with Gasteiger partial charge in [-0.1, -0.05) is 35.3 Å². The summed E-state index contributed by atoms with van der Waals surface area (Å²) in [6, 6.07) is 4.87. The van der Waals surface area contributed by atoms with Crippen LogP contribution in [-0.4, -0.2) is 60.9 Å². The molecule has 0 saturated heterocycles. The lowest BCUT2D eigenvalue weighted by Crippen LogP contribution is -2.48. The number of hydrogen-bond donors (Lipinski definition) is 0. The predicted octanol–water partition coefficient (Wildman–Crippen LogP) is 8.33. The van der Waals surface area contributed by atoms with E-state index >= 15 is 4.39 Å². The van der Waals surface area contributed by atoms with Crippen molar-refractivity contribution in [1.29, 1.82) is 0 Å². The van der Waals surface area contributed by atoms with E-state index in [9.17, 15) is 22.4 Å². The maximum Gasteiger partial charge on any atom is 0.430 e. The zero-order valence-corrected chi connectivity index (χ0v) is 29.5. The van der Waals surface area contributed by atoms with Crippen molar-refractivity contribution in [2.75, 3.05) is 17.5 Å². The van der Waals surface area contributed by atoms with Gasteiger partial charge in [0.15, 0.2) is 5.82 Å². The Morgan fingerprint density at radius 2 is 1.70 bits per heavy atom. The zero-order chi connectivity index (χ0) is 34.9. The molecule has 0 aliphatic carbocycles. The largest absolute Gasteiger partial charge is 0.489 e. The van der Waals surface area contributed by atoms with Crippen LogP contribution in [0, 0.1) is 11.6 Å². The van der Waals surface area contributed by atoms with Gasteiger partial charge in [-0.2, -0.15) is 0 Å². The Morgan fingerprint density at radius 3 is 2.30 bits per heavy atom. The Morgan fingerprint density at radius 1 is 1.02 bits per heavy atom. The number of carbonyl (C=O) groups excluding carboxylic acids is 2. The molecule has 1 aliphatic heterocycles. The van der Waals surface area contributed by atoms with Gasteiger partial charge in [-0.25, -0.2) is 31.8 Å². The van der Waals surface area contributed by atoms with Crippen LogP contribution in [-0.2, 0) is 19.5 Å². The number of rotatable bonds is 7. The number of nitrogens with zero attached hydrogens (tertiary/aromatic N) is 3. The third-order valence-electron chi connectivity index (χ3n) is 6.44. The number of aromatic nitrogens is 1. The lowest BCUT2D eigenvalue weighted by Gasteiger charge is -2.37. The Hall–Kier alpha value is -3.46. The van der Waals surface area contributed by atoms with Crippen molar-refractivity contribution in [2.24, 2.45) is 0 Å². The molecule has 10 nitrogen and oxygen atoms in total. The van der Waals surface area contributed by atoms with Crippen LogP contribution in [0.25, 0.3) is 5.57 Å². The second-order valence-corrected chi connectivity index (χ2v) is 15.7. The van der Waals surface area contributed by atoms with Gasteiger partial charge in [-0.3, -0.25) is 4.90 Å². The average Bonchev–Trinajstić information content (AvgIpc) is 3.46. The molecule has 2 aromatic carbocycles. The highest BCUT2D eigenvalue weighted by molar-refractivity contribution is 7.93. The molecule has 2 amide bonds. The van der Waals surface area contributed by atoms with E-state index in [0.717, 1.165) is 23.5 Å². The molecular formula is C31H33Cl2F2N3O7S2. The van der Waals surface area contributed by atoms with Crippen LogP contribution in [0.3, 0.4) is 0 Å². The Kier molecular flexibility index (Phi) is 10.8. The summed E-state index contributed by atoms with van der Waals surface area (Å²) in [5, 5.41) is 0.859. The molecule has 4 rings (SSSR count). The highest BCUT2D eigenvalue weighted by atomic mass is 35.5. The van der Waals surface area contributed by atoms with Crippen molar-refractivity contribution < 1.29 is 41.0 Å². The maximum atomic E-state index is 15.6. The van der Waals surface area contributed by atoms with Gasteiger partial charge in [0.05, 0.1) is 21.6 Å². The molecule has 0 fully saturated rings. The summed E-state index contributed by atoms with van der Waals surface area (Å²) in [6.07, 6.45) is 0.349. The molecule has 1 aromatic heterocycles. The van der Waals surface area contributed by atoms with E-state index in [1.54, 1.807) is 41.5 Å². The van der Waals surface area contributed by atoms with Gasteiger partial charge in [-0.15, -0.1) is 15.6 Å². The standard InChI is InChI=1S/C31H33Cl2F2N3O7S2/c1-30(2,3)44-28(39)37-11-7-8-19(18-9-10-22(34)20(32)12-18)24(37)15-43-25-14-23(35)26(13-21(25)33)47(41,42)38(27-16-46-17-36-27)29(40)45-31(4,5)6/h8-10,12-14,16-17,24H,7,11,15H2,1-6H3. The molecule has 3 aromatic rings. The van der Waals surface area contributed by atoms with E-state index < -0.39 is 56.0 Å². The number of benzene rings is 2. The van der Waals surface area contributed by atoms with Crippen LogP contribution in [0.1, 0.15) is 53.5 Å². The van der Waals surface area contributed by atoms with Gasteiger partial charge in [0.1, 0.15) is 40.1 Å². The van der Waals surface area contributed by atoms with Crippen LogP contribution in [0.2, 0.25) is 10.0 Å². The number of amides is 2. The summed E-state index contributed by atoms with van der Waals surface area (Å²) in [7, 11) is -4.92. The molecule has 0 saturated carbocycles. The fourth-order valence-electron chi connectivity index (χ4n) is 4.53. The first-order valence-corrected chi connectivity index (χ1v) is 17.4. The van der Waals surface area contributed by atoms with Crippen molar-refractivity contribution in [3.05, 3.63) is 74.5 Å². The summed E-state index contributed by atoms with van der Waals surface area (Å²) >= 11 is 13.5. The highest BCUT2D eigenvalue weighted by Crippen LogP contribution is 2.36. The molecule has 0 spiro atoms. The topological polar surface area (TPSA) is 115 Å². The molecule has 254 valence electrons. The number of halogens is 4. The Balaban J connectivity index is 1.68. The summed E-state index contributed by atoms with van der Waals surface area (Å²) < 4.78 is 74.0. The summed E-state index contributed by atoms with van der Waals surface area (Å²) in [6.45, 7) is 9.74. The lowest BCUT2D eigenvalue weighted by atomic mass is 9.93. The fourth-order valence-corrected chi connectivity index (χ4v) is 6.93. The number of hydrogen-bond acceptors (Lipinski definition) is 9. The molecule has 0 N–H and O–H groups in total. The van der Waals surface area contributed by atoms with Gasteiger partial charge in [-0.05, 0) is 77.3 Å². The van der Waals surface area contributed by atoms with Crippen molar-refractivity contribution in [1.82, 2.24) is 9.88 Å². The van der Waals surface area contributed by atoms with Crippen LogP contribution in [0.5, 0.6) is 5.75 Å². The minimum absolute atomic E-state index is 0.127. The highest BCUT2D eigenvalue weighted by Gasteiger charge is 2.39. The smallest absolute Gasteiger partial charge is 0.430 e. The van der Waals surface area contributed by atoms with E-state index in [4.69, 9.17) is 37.4 Å². The number of anilines is 1. The monoisotopic (exact) mass is 731 g/mol. The number of thiazole rings is 1. The van der Waals surface area contributed by atoms with Crippen molar-refractivity contribution in [3.8, 4) is 5.75 Å². The minimum atomic E-state index is -4.92. The SMILES string of the molecule is CC(C)(C)OC(=O)N1CCC=C(c2ccc(F)c(Cl)c2)C1COc1cc(F)c(S(=O)(=O)N(C(=O)OC(C)(C)C)c2cscn2)cc1Cl. The number of sulfonamides is 1. The van der Waals surface area contributed by atoms with Crippen molar-refractivity contribution in [3.63, 3.8) is 0 Å². The molecular weight excluding hydrogens is 699 g/mol. The Bertz CT molecular complexity index is 1790. The second kappa shape index (κ2) is 14.0. The summed E-state index contributed by atoms with van der Waals surface area (Å²) in [4.78, 5) is 30.7. The van der Waals surface area contributed by atoms with E-state index in [1.165, 1.54) is 34.0 Å².